The number of nitriles is 1. The third kappa shape index (κ3) is 3.59. The summed E-state index contributed by atoms with van der Waals surface area (Å²) in [4.78, 5) is 14.2. The molecule has 0 unspecified atom stereocenters. The van der Waals surface area contributed by atoms with E-state index >= 15 is 0 Å². The smallest absolute Gasteiger partial charge is 0.357 e. The second-order valence-electron chi connectivity index (χ2n) is 5.55. The van der Waals surface area contributed by atoms with Gasteiger partial charge in [0.05, 0.1) is 18.4 Å². The molecule has 1 aromatic heterocycles. The minimum atomic E-state index is -0.627. The number of benzene rings is 1. The van der Waals surface area contributed by atoms with Gasteiger partial charge in [0.2, 0.25) is 0 Å². The van der Waals surface area contributed by atoms with Gasteiger partial charge in [-0.25, -0.2) is 4.79 Å². The fourth-order valence-corrected chi connectivity index (χ4v) is 2.65. The Morgan fingerprint density at radius 2 is 2.08 bits per heavy atom. The number of hydrogen-bond acceptors (Lipinski definition) is 6. The van der Waals surface area contributed by atoms with Crippen molar-refractivity contribution in [3.05, 3.63) is 41.2 Å². The van der Waals surface area contributed by atoms with Crippen LogP contribution in [0.25, 0.3) is 5.69 Å². The zero-order valence-corrected chi connectivity index (χ0v) is 14.6. The van der Waals surface area contributed by atoms with Crippen molar-refractivity contribution in [2.75, 3.05) is 25.9 Å². The van der Waals surface area contributed by atoms with E-state index in [0.717, 1.165) is 18.7 Å². The van der Waals surface area contributed by atoms with Gasteiger partial charge in [0.25, 0.3) is 0 Å². The molecular weight excluding hydrogens is 320 g/mol. The number of phenolic OH excluding ortho intramolecular Hbond substituents is 1. The summed E-state index contributed by atoms with van der Waals surface area (Å²) in [6.07, 6.45) is 1.50. The average molecular weight is 342 g/mol. The molecule has 0 fully saturated rings. The summed E-state index contributed by atoms with van der Waals surface area (Å²) in [5.41, 5.74) is 7.63. The maximum atomic E-state index is 12.1. The summed E-state index contributed by atoms with van der Waals surface area (Å²) in [6, 6.07) is 6.98. The first-order valence-corrected chi connectivity index (χ1v) is 8.00. The Labute approximate surface area is 146 Å². The van der Waals surface area contributed by atoms with Crippen LogP contribution in [0.2, 0.25) is 0 Å². The van der Waals surface area contributed by atoms with E-state index in [9.17, 15) is 15.2 Å². The van der Waals surface area contributed by atoms with E-state index in [1.165, 1.54) is 17.9 Å². The summed E-state index contributed by atoms with van der Waals surface area (Å²) in [7, 11) is 1.26. The first-order valence-electron chi connectivity index (χ1n) is 8.00. The molecule has 0 radical (unpaired) electrons. The molecule has 25 heavy (non-hydrogen) atoms. The Morgan fingerprint density at radius 1 is 1.40 bits per heavy atom. The lowest BCUT2D eigenvalue weighted by Crippen LogP contribution is -2.22. The standard InChI is InChI=1S/C18H22N4O3/c1-4-21(5-2)10-12-8-14(6-7-15(12)23)22-11-13(9-19)16(20)17(22)18(24)25-3/h6-8,11,23H,4-5,10,20H2,1-3H3. The molecule has 0 bridgehead atoms. The number of hydrogen-bond donors (Lipinski definition) is 2. The number of nitrogen functional groups attached to an aromatic ring is 1. The molecule has 2 aromatic rings. The van der Waals surface area contributed by atoms with Crippen molar-refractivity contribution in [1.82, 2.24) is 9.47 Å². The first-order chi connectivity index (χ1) is 12.0. The van der Waals surface area contributed by atoms with Gasteiger partial charge in [0, 0.05) is 24.0 Å². The molecule has 0 aliphatic carbocycles. The number of carbonyl (C=O) groups excluding carboxylic acids is 1. The zero-order valence-electron chi connectivity index (χ0n) is 14.6. The quantitative estimate of drug-likeness (QED) is 0.780. The molecule has 0 atom stereocenters. The number of rotatable bonds is 6. The number of anilines is 1. The number of aromatic nitrogens is 1. The van der Waals surface area contributed by atoms with Gasteiger partial charge in [-0.05, 0) is 31.3 Å². The van der Waals surface area contributed by atoms with Gasteiger partial charge in [-0.3, -0.25) is 4.90 Å². The molecule has 132 valence electrons. The summed E-state index contributed by atoms with van der Waals surface area (Å²) >= 11 is 0. The molecule has 1 heterocycles. The maximum absolute atomic E-state index is 12.1. The third-order valence-electron chi connectivity index (χ3n) is 4.17. The lowest BCUT2D eigenvalue weighted by molar-refractivity contribution is 0.0593. The van der Waals surface area contributed by atoms with Gasteiger partial charge in [-0.15, -0.1) is 0 Å². The zero-order chi connectivity index (χ0) is 18.6. The van der Waals surface area contributed by atoms with Crippen molar-refractivity contribution >= 4 is 11.7 Å². The Kier molecular flexibility index (Phi) is 5.67. The van der Waals surface area contributed by atoms with E-state index in [1.807, 2.05) is 19.9 Å². The van der Waals surface area contributed by atoms with Crippen molar-refractivity contribution in [3.8, 4) is 17.5 Å². The number of carbonyl (C=O) groups is 1. The maximum Gasteiger partial charge on any atom is 0.357 e. The SMILES string of the molecule is CCN(CC)Cc1cc(-n2cc(C#N)c(N)c2C(=O)OC)ccc1O. The van der Waals surface area contributed by atoms with Crippen molar-refractivity contribution in [1.29, 1.82) is 5.26 Å². The summed E-state index contributed by atoms with van der Waals surface area (Å²) < 4.78 is 6.30. The highest BCUT2D eigenvalue weighted by atomic mass is 16.5. The van der Waals surface area contributed by atoms with Crippen LogP contribution in [0.4, 0.5) is 5.69 Å². The highest BCUT2D eigenvalue weighted by Gasteiger charge is 2.22. The lowest BCUT2D eigenvalue weighted by atomic mass is 10.1. The molecule has 0 amide bonds. The van der Waals surface area contributed by atoms with E-state index in [0.29, 0.717) is 12.2 Å². The molecule has 0 saturated heterocycles. The van der Waals surface area contributed by atoms with Gasteiger partial charge < -0.3 is 20.1 Å². The molecule has 1 aromatic carbocycles. The summed E-state index contributed by atoms with van der Waals surface area (Å²) in [5.74, 6) is -0.451. The number of methoxy groups -OCH3 is 1. The van der Waals surface area contributed by atoms with Crippen LogP contribution in [0, 0.1) is 11.3 Å². The number of aromatic hydroxyl groups is 1. The van der Waals surface area contributed by atoms with E-state index in [2.05, 4.69) is 4.90 Å². The van der Waals surface area contributed by atoms with Gasteiger partial charge in [0.1, 0.15) is 11.8 Å². The number of nitrogens with two attached hydrogens (primary N) is 1. The average Bonchev–Trinajstić information content (AvgIpc) is 2.96. The molecular formula is C18H22N4O3. The first kappa shape index (κ1) is 18.4. The topological polar surface area (TPSA) is 105 Å². The van der Waals surface area contributed by atoms with E-state index in [-0.39, 0.29) is 22.7 Å². The Morgan fingerprint density at radius 3 is 2.64 bits per heavy atom. The third-order valence-corrected chi connectivity index (χ3v) is 4.17. The van der Waals surface area contributed by atoms with Crippen molar-refractivity contribution in [3.63, 3.8) is 0 Å². The van der Waals surface area contributed by atoms with Crippen molar-refractivity contribution < 1.29 is 14.6 Å². The van der Waals surface area contributed by atoms with Crippen LogP contribution in [-0.2, 0) is 11.3 Å². The van der Waals surface area contributed by atoms with Gasteiger partial charge >= 0.3 is 5.97 Å². The van der Waals surface area contributed by atoms with Crippen molar-refractivity contribution in [2.45, 2.75) is 20.4 Å². The van der Waals surface area contributed by atoms with Crippen LogP contribution < -0.4 is 5.73 Å². The summed E-state index contributed by atoms with van der Waals surface area (Å²) in [5, 5.41) is 19.3. The number of esters is 1. The monoisotopic (exact) mass is 342 g/mol. The molecule has 0 aliphatic rings. The second kappa shape index (κ2) is 7.73. The van der Waals surface area contributed by atoms with Gasteiger partial charge in [-0.2, -0.15) is 5.26 Å². The van der Waals surface area contributed by atoms with E-state index < -0.39 is 5.97 Å². The minimum Gasteiger partial charge on any atom is -0.508 e. The van der Waals surface area contributed by atoms with Gasteiger partial charge in [0.15, 0.2) is 5.69 Å². The molecule has 7 heteroatoms. The number of ether oxygens (including phenoxy) is 1. The molecule has 2 rings (SSSR count). The van der Waals surface area contributed by atoms with Crippen LogP contribution in [0.5, 0.6) is 5.75 Å². The van der Waals surface area contributed by atoms with E-state index in [1.54, 1.807) is 18.2 Å². The number of nitrogens with zero attached hydrogens (tertiary/aromatic N) is 3. The molecule has 0 aliphatic heterocycles. The fraction of sp³-hybridized carbons (Fsp3) is 0.333. The van der Waals surface area contributed by atoms with Crippen molar-refractivity contribution in [2.24, 2.45) is 0 Å². The minimum absolute atomic E-state index is 0.0766. The van der Waals surface area contributed by atoms with Crippen LogP contribution in [0.3, 0.4) is 0 Å². The van der Waals surface area contributed by atoms with E-state index in [4.69, 9.17) is 10.5 Å². The van der Waals surface area contributed by atoms with Crippen LogP contribution in [-0.4, -0.2) is 40.7 Å². The second-order valence-corrected chi connectivity index (χ2v) is 5.55. The van der Waals surface area contributed by atoms with Crippen LogP contribution >= 0.6 is 0 Å². The lowest BCUT2D eigenvalue weighted by Gasteiger charge is -2.19. The highest BCUT2D eigenvalue weighted by Crippen LogP contribution is 2.28. The van der Waals surface area contributed by atoms with Crippen LogP contribution in [0.1, 0.15) is 35.5 Å². The fourth-order valence-electron chi connectivity index (χ4n) is 2.65. The molecule has 0 saturated carbocycles. The molecule has 3 N–H and O–H groups in total. The largest absolute Gasteiger partial charge is 0.508 e. The van der Waals surface area contributed by atoms with Gasteiger partial charge in [-0.1, -0.05) is 13.8 Å². The van der Waals surface area contributed by atoms with Crippen LogP contribution in [0.15, 0.2) is 24.4 Å². The highest BCUT2D eigenvalue weighted by molar-refractivity contribution is 5.95. The predicted octanol–water partition coefficient (Wildman–Crippen LogP) is 2.27. The Hall–Kier alpha value is -2.98. The summed E-state index contributed by atoms with van der Waals surface area (Å²) in [6.45, 7) is 6.37. The number of phenols is 1. The molecule has 0 spiro atoms. The Balaban J connectivity index is 2.56. The predicted molar refractivity (Wildman–Crippen MR) is 94.5 cm³/mol. The normalized spacial score (nSPS) is 10.7. The Bertz CT molecular complexity index is 816. The molecule has 7 nitrogen and oxygen atoms in total.